The monoisotopic (exact) mass is 447 g/mol. The fourth-order valence-corrected chi connectivity index (χ4v) is 4.85. The Hall–Kier alpha value is -3.23. The Bertz CT molecular complexity index is 1120. The van der Waals surface area contributed by atoms with E-state index in [9.17, 15) is 9.90 Å². The Labute approximate surface area is 193 Å². The van der Waals surface area contributed by atoms with Crippen molar-refractivity contribution in [2.75, 3.05) is 20.2 Å². The van der Waals surface area contributed by atoms with Crippen LogP contribution in [0.4, 0.5) is 0 Å². The number of hydrogen-bond acceptors (Lipinski definition) is 6. The average Bonchev–Trinajstić information content (AvgIpc) is 3.42. The summed E-state index contributed by atoms with van der Waals surface area (Å²) in [5, 5.41) is 19.3. The number of aromatic nitrogens is 3. The van der Waals surface area contributed by atoms with Crippen molar-refractivity contribution in [2.24, 2.45) is 0 Å². The van der Waals surface area contributed by atoms with Crippen molar-refractivity contribution in [1.82, 2.24) is 24.6 Å². The summed E-state index contributed by atoms with van der Waals surface area (Å²) in [6.07, 6.45) is 0.595. The van der Waals surface area contributed by atoms with Crippen LogP contribution >= 0.6 is 0 Å². The Morgan fingerprint density at radius 1 is 1.09 bits per heavy atom. The van der Waals surface area contributed by atoms with Gasteiger partial charge in [0.15, 0.2) is 11.6 Å². The molecule has 3 aromatic rings. The van der Waals surface area contributed by atoms with Crippen molar-refractivity contribution in [3.8, 4) is 5.75 Å². The maximum absolute atomic E-state index is 12.9. The van der Waals surface area contributed by atoms with Crippen molar-refractivity contribution >= 4 is 5.91 Å². The van der Waals surface area contributed by atoms with Crippen LogP contribution in [0, 0.1) is 0 Å². The zero-order valence-corrected chi connectivity index (χ0v) is 18.8. The Morgan fingerprint density at radius 3 is 2.73 bits per heavy atom. The molecule has 8 heteroatoms. The topological polar surface area (TPSA) is 83.7 Å². The molecule has 8 nitrogen and oxygen atoms in total. The third kappa shape index (κ3) is 4.62. The molecule has 2 aliphatic heterocycles. The number of aliphatic hydroxyl groups is 1. The predicted octanol–water partition coefficient (Wildman–Crippen LogP) is 2.18. The van der Waals surface area contributed by atoms with Crippen LogP contribution in [0.2, 0.25) is 0 Å². The minimum atomic E-state index is -0.379. The number of likely N-dealkylation sites (tertiary alicyclic amines) is 1. The smallest absolute Gasteiger partial charge is 0.227 e. The molecule has 1 N–H and O–H groups in total. The van der Waals surface area contributed by atoms with Gasteiger partial charge in [-0.1, -0.05) is 42.5 Å². The molecule has 1 fully saturated rings. The molecule has 2 aliphatic rings. The van der Waals surface area contributed by atoms with Gasteiger partial charge in [0.2, 0.25) is 5.91 Å². The molecule has 1 amide bonds. The van der Waals surface area contributed by atoms with Crippen LogP contribution in [0.5, 0.6) is 5.75 Å². The van der Waals surface area contributed by atoms with Gasteiger partial charge in [-0.05, 0) is 29.7 Å². The van der Waals surface area contributed by atoms with Crippen LogP contribution in [0.25, 0.3) is 0 Å². The van der Waals surface area contributed by atoms with Crippen LogP contribution in [0.1, 0.15) is 35.2 Å². The molecular weight excluding hydrogens is 418 g/mol. The van der Waals surface area contributed by atoms with E-state index in [-0.39, 0.29) is 18.1 Å². The highest BCUT2D eigenvalue weighted by atomic mass is 16.5. The second-order valence-corrected chi connectivity index (χ2v) is 8.79. The molecule has 2 aromatic carbocycles. The number of fused-ring (bicyclic) bond motifs is 1. The minimum Gasteiger partial charge on any atom is -0.497 e. The van der Waals surface area contributed by atoms with E-state index in [4.69, 9.17) is 4.74 Å². The highest BCUT2D eigenvalue weighted by Gasteiger charge is 2.37. The van der Waals surface area contributed by atoms with Gasteiger partial charge in [0, 0.05) is 26.2 Å². The highest BCUT2D eigenvalue weighted by molar-refractivity contribution is 5.79. The van der Waals surface area contributed by atoms with Crippen LogP contribution in [-0.2, 0) is 30.8 Å². The molecule has 0 spiro atoms. The fourth-order valence-electron chi connectivity index (χ4n) is 4.85. The highest BCUT2D eigenvalue weighted by Crippen LogP contribution is 2.33. The van der Waals surface area contributed by atoms with E-state index >= 15 is 0 Å². The third-order valence-corrected chi connectivity index (χ3v) is 6.53. The van der Waals surface area contributed by atoms with Gasteiger partial charge in [-0.15, -0.1) is 10.2 Å². The number of nitrogens with zero attached hydrogens (tertiary/aromatic N) is 5. The first-order valence-corrected chi connectivity index (χ1v) is 11.4. The van der Waals surface area contributed by atoms with E-state index < -0.39 is 0 Å². The molecule has 1 aromatic heterocycles. The first kappa shape index (κ1) is 21.6. The average molecular weight is 448 g/mol. The van der Waals surface area contributed by atoms with Crippen molar-refractivity contribution < 1.29 is 14.6 Å². The van der Waals surface area contributed by atoms with Gasteiger partial charge in [-0.3, -0.25) is 9.69 Å². The number of benzene rings is 2. The summed E-state index contributed by atoms with van der Waals surface area (Å²) in [5.41, 5.74) is 2.15. The summed E-state index contributed by atoms with van der Waals surface area (Å²) < 4.78 is 7.40. The van der Waals surface area contributed by atoms with Gasteiger partial charge in [0.05, 0.1) is 32.2 Å². The molecule has 0 aliphatic carbocycles. The number of aliphatic hydroxyl groups excluding tert-OH is 1. The molecule has 0 bridgehead atoms. The summed E-state index contributed by atoms with van der Waals surface area (Å²) in [6, 6.07) is 17.9. The van der Waals surface area contributed by atoms with E-state index in [0.717, 1.165) is 29.5 Å². The third-order valence-electron chi connectivity index (χ3n) is 6.53. The summed E-state index contributed by atoms with van der Waals surface area (Å²) in [4.78, 5) is 17.0. The maximum atomic E-state index is 12.9. The number of rotatable bonds is 6. The lowest BCUT2D eigenvalue weighted by Crippen LogP contribution is -2.40. The summed E-state index contributed by atoms with van der Waals surface area (Å²) in [7, 11) is 1.63. The number of amides is 1. The second-order valence-electron chi connectivity index (χ2n) is 8.79. The molecule has 5 rings (SSSR count). The number of carbonyl (C=O) groups is 1. The largest absolute Gasteiger partial charge is 0.497 e. The van der Waals surface area contributed by atoms with Crippen molar-refractivity contribution in [1.29, 1.82) is 0 Å². The van der Waals surface area contributed by atoms with E-state index in [1.807, 2.05) is 47.4 Å². The fraction of sp³-hybridized carbons (Fsp3) is 0.400. The summed E-state index contributed by atoms with van der Waals surface area (Å²) in [5.74, 6) is 2.51. The van der Waals surface area contributed by atoms with Crippen molar-refractivity contribution in [3.63, 3.8) is 0 Å². The van der Waals surface area contributed by atoms with Crippen LogP contribution in [0.3, 0.4) is 0 Å². The Kier molecular flexibility index (Phi) is 6.11. The van der Waals surface area contributed by atoms with Crippen molar-refractivity contribution in [2.45, 2.75) is 44.6 Å². The molecule has 0 saturated carbocycles. The lowest BCUT2D eigenvalue weighted by molar-refractivity contribution is -0.132. The van der Waals surface area contributed by atoms with E-state index in [0.29, 0.717) is 39.0 Å². The molecular formula is C25H29N5O3. The van der Waals surface area contributed by atoms with Crippen LogP contribution in [0.15, 0.2) is 54.6 Å². The molecule has 172 valence electrons. The van der Waals surface area contributed by atoms with Gasteiger partial charge in [-0.2, -0.15) is 0 Å². The maximum Gasteiger partial charge on any atom is 0.227 e. The van der Waals surface area contributed by atoms with E-state index in [2.05, 4.69) is 31.8 Å². The first-order valence-electron chi connectivity index (χ1n) is 11.4. The number of ether oxygens (including phenoxy) is 1. The standard InChI is InChI=1S/C25H29N5O3/c1-33-21-9-5-8-19(12-21)13-24(32)28-10-11-30-23(17-28)26-27-25(30)22-14-20(31)16-29(22)15-18-6-3-2-4-7-18/h2-9,12,20,22,31H,10-11,13-17H2,1H3/t20-,22+/m1/s1. The second kappa shape index (κ2) is 9.33. The summed E-state index contributed by atoms with van der Waals surface area (Å²) in [6.45, 7) is 3.11. The van der Waals surface area contributed by atoms with E-state index in [1.165, 1.54) is 5.56 Å². The zero-order chi connectivity index (χ0) is 22.8. The molecule has 2 atom stereocenters. The van der Waals surface area contributed by atoms with E-state index in [1.54, 1.807) is 7.11 Å². The SMILES string of the molecule is COc1cccc(CC(=O)N2CCn3c(nnc3[C@@H]3C[C@@H](O)CN3Cc3ccccc3)C2)c1. The molecule has 0 radical (unpaired) electrons. The summed E-state index contributed by atoms with van der Waals surface area (Å²) >= 11 is 0. The number of methoxy groups -OCH3 is 1. The van der Waals surface area contributed by atoms with Gasteiger partial charge >= 0.3 is 0 Å². The van der Waals surface area contributed by atoms with Crippen LogP contribution in [-0.4, -0.2) is 61.9 Å². The van der Waals surface area contributed by atoms with Gasteiger partial charge < -0.3 is 19.3 Å². The normalized spacial score (nSPS) is 20.6. The zero-order valence-electron chi connectivity index (χ0n) is 18.8. The number of hydrogen-bond donors (Lipinski definition) is 1. The Morgan fingerprint density at radius 2 is 1.91 bits per heavy atom. The Balaban J connectivity index is 1.28. The predicted molar refractivity (Wildman–Crippen MR) is 122 cm³/mol. The van der Waals surface area contributed by atoms with Gasteiger partial charge in [0.1, 0.15) is 5.75 Å². The number of β-amino-alcohol motifs (C(OH)–C–C–N with tert-alkyl or cyclic N) is 1. The van der Waals surface area contributed by atoms with Gasteiger partial charge in [0.25, 0.3) is 0 Å². The molecule has 0 unspecified atom stereocenters. The van der Waals surface area contributed by atoms with Crippen LogP contribution < -0.4 is 4.74 Å². The molecule has 3 heterocycles. The quantitative estimate of drug-likeness (QED) is 0.624. The lowest BCUT2D eigenvalue weighted by atomic mass is 10.1. The molecule has 33 heavy (non-hydrogen) atoms. The van der Waals surface area contributed by atoms with Gasteiger partial charge in [-0.25, -0.2) is 0 Å². The van der Waals surface area contributed by atoms with Crippen molar-refractivity contribution in [3.05, 3.63) is 77.4 Å². The first-order chi connectivity index (χ1) is 16.1. The lowest BCUT2D eigenvalue weighted by Gasteiger charge is -2.30. The molecule has 1 saturated heterocycles. The minimum absolute atomic E-state index is 0.0143. The number of carbonyl (C=O) groups excluding carboxylic acids is 1.